The highest BCUT2D eigenvalue weighted by Crippen LogP contribution is 2.32. The van der Waals surface area contributed by atoms with Crippen LogP contribution in [0.4, 0.5) is 16.2 Å². The summed E-state index contributed by atoms with van der Waals surface area (Å²) in [4.78, 5) is 77.8. The van der Waals surface area contributed by atoms with Crippen LogP contribution in [0.2, 0.25) is 0 Å². The highest BCUT2D eigenvalue weighted by Gasteiger charge is 2.43. The van der Waals surface area contributed by atoms with Crippen molar-refractivity contribution in [2.24, 2.45) is 5.92 Å². The van der Waals surface area contributed by atoms with Crippen LogP contribution in [0.15, 0.2) is 55.0 Å². The second kappa shape index (κ2) is 15.1. The average molecular weight is 758 g/mol. The number of nitrogens with zero attached hydrogens (tertiary/aromatic N) is 8. The highest BCUT2D eigenvalue weighted by atomic mass is 16.2. The van der Waals surface area contributed by atoms with E-state index in [4.69, 9.17) is 0 Å². The van der Waals surface area contributed by atoms with E-state index in [9.17, 15) is 29.2 Å². The van der Waals surface area contributed by atoms with Gasteiger partial charge in [-0.05, 0) is 75.8 Å². The number of imide groups is 2. The first-order chi connectivity index (χ1) is 27.1. The Balaban J connectivity index is 0.832. The summed E-state index contributed by atoms with van der Waals surface area (Å²) in [6.07, 6.45) is 8.69. The van der Waals surface area contributed by atoms with E-state index in [2.05, 4.69) is 41.8 Å². The summed E-state index contributed by atoms with van der Waals surface area (Å²) in [6.45, 7) is 8.40. The third-order valence-electron chi connectivity index (χ3n) is 11.0. The molecule has 0 aliphatic carbocycles. The maximum absolute atomic E-state index is 13.6. The molecule has 0 radical (unpaired) electrons. The molecule has 16 nitrogen and oxygen atoms in total. The number of likely N-dealkylation sites (tertiary alicyclic amines) is 1. The largest absolute Gasteiger partial charge is 0.382 e. The van der Waals surface area contributed by atoms with Crippen LogP contribution in [0, 0.1) is 17.2 Å². The SMILES string of the molecule is CC(C)Nc1cc(-n2ccc3cc(C#N)cnc32)ncc1C(=O)NC1CCN(CC2CCN(c3ccc4c(c3)C(=O)N(N3CCC(=O)NC3=O)C4=O)CC2)CC1. The molecule has 3 N–H and O–H groups in total. The number of hydrogen-bond donors (Lipinski definition) is 3. The number of fused-ring (bicyclic) bond motifs is 2. The van der Waals surface area contributed by atoms with Gasteiger partial charge in [0.2, 0.25) is 5.91 Å². The summed E-state index contributed by atoms with van der Waals surface area (Å²) in [5.74, 6) is -0.601. The van der Waals surface area contributed by atoms with Crippen LogP contribution < -0.4 is 20.9 Å². The zero-order chi connectivity index (χ0) is 39.1. The van der Waals surface area contributed by atoms with Crippen LogP contribution in [0.5, 0.6) is 0 Å². The Bertz CT molecular complexity index is 2280. The van der Waals surface area contributed by atoms with Gasteiger partial charge in [-0.15, -0.1) is 0 Å². The Labute approximate surface area is 323 Å². The lowest BCUT2D eigenvalue weighted by Crippen LogP contribution is -2.58. The van der Waals surface area contributed by atoms with Gasteiger partial charge >= 0.3 is 6.03 Å². The molecule has 16 heteroatoms. The van der Waals surface area contributed by atoms with Gasteiger partial charge in [-0.1, -0.05) is 0 Å². The summed E-state index contributed by atoms with van der Waals surface area (Å²) in [7, 11) is 0. The van der Waals surface area contributed by atoms with Crippen molar-refractivity contribution >= 4 is 52.1 Å². The van der Waals surface area contributed by atoms with Gasteiger partial charge in [0.15, 0.2) is 0 Å². The van der Waals surface area contributed by atoms with Gasteiger partial charge in [-0.25, -0.2) is 19.8 Å². The molecule has 8 rings (SSSR count). The molecule has 3 aromatic heterocycles. The normalized spacial score (nSPS) is 18.4. The van der Waals surface area contributed by atoms with E-state index in [1.807, 2.05) is 42.8 Å². The van der Waals surface area contributed by atoms with Crippen molar-refractivity contribution in [1.29, 1.82) is 5.26 Å². The number of nitrogens with one attached hydrogen (secondary N) is 3. The van der Waals surface area contributed by atoms with E-state index in [0.717, 1.165) is 79.5 Å². The first-order valence-electron chi connectivity index (χ1n) is 19.1. The van der Waals surface area contributed by atoms with Crippen LogP contribution >= 0.6 is 0 Å². The number of aromatic nitrogens is 3. The lowest BCUT2D eigenvalue weighted by atomic mass is 9.94. The standard InChI is InChI=1S/C40H43N11O5/c1-24(2)44-33-19-34(49-15-7-27-17-26(20-41)21-43-36(27)49)42-22-32(33)37(53)45-28-8-11-47(12-9-28)23-25-5-13-48(14-6-25)29-3-4-30-31(18-29)39(55)51(38(30)54)50-16-10-35(52)46-40(50)56/h3-4,7,15,17-19,21-22,24-25,28H,5-6,8-14,16,23H2,1-2H3,(H,42,44)(H,45,53)(H,46,52,56). The summed E-state index contributed by atoms with van der Waals surface area (Å²) in [6, 6.07) is 12.3. The van der Waals surface area contributed by atoms with Crippen molar-refractivity contribution in [1.82, 2.24) is 40.1 Å². The molecule has 56 heavy (non-hydrogen) atoms. The van der Waals surface area contributed by atoms with Gasteiger partial charge in [0, 0.05) is 87.0 Å². The number of pyridine rings is 2. The Kier molecular flexibility index (Phi) is 9.85. The minimum absolute atomic E-state index is 0.0129. The fraction of sp³-hybridized carbons (Fsp3) is 0.400. The monoisotopic (exact) mass is 757 g/mol. The molecule has 1 aromatic carbocycles. The van der Waals surface area contributed by atoms with Crippen molar-refractivity contribution < 1.29 is 24.0 Å². The number of anilines is 2. The van der Waals surface area contributed by atoms with Crippen molar-refractivity contribution in [2.45, 2.75) is 58.0 Å². The summed E-state index contributed by atoms with van der Waals surface area (Å²) in [5.41, 5.74) is 3.71. The highest BCUT2D eigenvalue weighted by molar-refractivity contribution is 6.22. The predicted molar refractivity (Wildman–Crippen MR) is 206 cm³/mol. The molecule has 288 valence electrons. The second-order valence-electron chi connectivity index (χ2n) is 15.2. The third-order valence-corrected chi connectivity index (χ3v) is 11.0. The Morgan fingerprint density at radius 1 is 0.929 bits per heavy atom. The minimum atomic E-state index is -0.779. The quantitative estimate of drug-likeness (QED) is 0.211. The number of carbonyl (C=O) groups excluding carboxylic acids is 5. The predicted octanol–water partition coefficient (Wildman–Crippen LogP) is 3.68. The van der Waals surface area contributed by atoms with Crippen molar-refractivity contribution in [2.75, 3.05) is 49.5 Å². The molecular formula is C40H43N11O5. The Morgan fingerprint density at radius 2 is 1.70 bits per heavy atom. The van der Waals surface area contributed by atoms with E-state index in [-0.39, 0.29) is 42.1 Å². The molecule has 0 atom stereocenters. The number of carbonyl (C=O) groups is 5. The van der Waals surface area contributed by atoms with Crippen LogP contribution in [0.1, 0.15) is 82.6 Å². The Morgan fingerprint density at radius 3 is 2.43 bits per heavy atom. The molecule has 4 aliphatic heterocycles. The summed E-state index contributed by atoms with van der Waals surface area (Å²) < 4.78 is 1.85. The third kappa shape index (κ3) is 7.13. The van der Waals surface area contributed by atoms with E-state index in [1.54, 1.807) is 24.4 Å². The lowest BCUT2D eigenvalue weighted by Gasteiger charge is -2.38. The average Bonchev–Trinajstić information content (AvgIpc) is 3.72. The van der Waals surface area contributed by atoms with Gasteiger partial charge < -0.3 is 20.4 Å². The van der Waals surface area contributed by atoms with E-state index >= 15 is 0 Å². The maximum atomic E-state index is 13.6. The molecule has 3 fully saturated rings. The van der Waals surface area contributed by atoms with Crippen LogP contribution in [-0.2, 0) is 4.79 Å². The van der Waals surface area contributed by atoms with Crippen LogP contribution in [0.3, 0.4) is 0 Å². The summed E-state index contributed by atoms with van der Waals surface area (Å²) >= 11 is 0. The van der Waals surface area contributed by atoms with Crippen molar-refractivity contribution in [3.8, 4) is 11.9 Å². The van der Waals surface area contributed by atoms with Crippen molar-refractivity contribution in [3.05, 3.63) is 77.2 Å². The Hall–Kier alpha value is -6.34. The summed E-state index contributed by atoms with van der Waals surface area (Å²) in [5, 5.41) is 20.8. The topological polar surface area (TPSA) is 189 Å². The zero-order valence-corrected chi connectivity index (χ0v) is 31.3. The van der Waals surface area contributed by atoms with E-state index in [0.29, 0.717) is 34.2 Å². The van der Waals surface area contributed by atoms with Gasteiger partial charge in [-0.3, -0.25) is 29.1 Å². The van der Waals surface area contributed by atoms with E-state index in [1.165, 1.54) is 6.20 Å². The molecule has 0 unspecified atom stereocenters. The first-order valence-corrected chi connectivity index (χ1v) is 19.1. The van der Waals surface area contributed by atoms with Crippen LogP contribution in [0.25, 0.3) is 16.9 Å². The number of nitriles is 1. The number of piperidine rings is 2. The molecule has 4 aliphatic rings. The number of amides is 6. The lowest BCUT2D eigenvalue weighted by molar-refractivity contribution is -0.122. The second-order valence-corrected chi connectivity index (χ2v) is 15.2. The first kappa shape index (κ1) is 36.6. The van der Waals surface area contributed by atoms with E-state index < -0.39 is 23.8 Å². The maximum Gasteiger partial charge on any atom is 0.343 e. The molecule has 3 saturated heterocycles. The fourth-order valence-electron chi connectivity index (χ4n) is 8.10. The molecule has 0 spiro atoms. The molecule has 7 heterocycles. The molecular weight excluding hydrogens is 715 g/mol. The van der Waals surface area contributed by atoms with Crippen molar-refractivity contribution in [3.63, 3.8) is 0 Å². The van der Waals surface area contributed by atoms with Gasteiger partial charge in [0.05, 0.1) is 34.5 Å². The van der Waals surface area contributed by atoms with Gasteiger partial charge in [0.25, 0.3) is 17.7 Å². The zero-order valence-electron chi connectivity index (χ0n) is 31.3. The van der Waals surface area contributed by atoms with Gasteiger partial charge in [-0.2, -0.15) is 10.3 Å². The van der Waals surface area contributed by atoms with Gasteiger partial charge in [0.1, 0.15) is 17.5 Å². The fourth-order valence-corrected chi connectivity index (χ4v) is 8.10. The number of rotatable bonds is 9. The van der Waals surface area contributed by atoms with Crippen LogP contribution in [-0.4, -0.2) is 110 Å². The molecule has 6 amide bonds. The number of urea groups is 1. The minimum Gasteiger partial charge on any atom is -0.382 e. The number of hydrazine groups is 1. The molecule has 0 saturated carbocycles. The number of benzene rings is 1. The number of hydrogen-bond acceptors (Lipinski definition) is 11. The smallest absolute Gasteiger partial charge is 0.343 e. The molecule has 0 bridgehead atoms. The molecule has 4 aromatic rings.